The maximum Gasteiger partial charge on any atom is 0.265 e. The molecule has 0 spiro atoms. The summed E-state index contributed by atoms with van der Waals surface area (Å²) < 4.78 is 5.76. The Labute approximate surface area is 164 Å². The topological polar surface area (TPSA) is 67.4 Å². The van der Waals surface area contributed by atoms with Gasteiger partial charge in [-0.1, -0.05) is 17.7 Å². The molecule has 6 heteroatoms. The van der Waals surface area contributed by atoms with Gasteiger partial charge in [0.1, 0.15) is 5.75 Å². The number of amides is 2. The van der Waals surface area contributed by atoms with Crippen LogP contribution in [0, 0.1) is 13.8 Å². The number of anilines is 1. The van der Waals surface area contributed by atoms with Gasteiger partial charge in [0, 0.05) is 22.3 Å². The molecule has 1 saturated carbocycles. The van der Waals surface area contributed by atoms with Gasteiger partial charge < -0.3 is 15.4 Å². The first-order valence-corrected chi connectivity index (χ1v) is 9.36. The van der Waals surface area contributed by atoms with Crippen LogP contribution in [0.1, 0.15) is 41.3 Å². The molecule has 0 radical (unpaired) electrons. The summed E-state index contributed by atoms with van der Waals surface area (Å²) in [6.45, 7) is 5.44. The van der Waals surface area contributed by atoms with Crippen LogP contribution in [0.3, 0.4) is 0 Å². The van der Waals surface area contributed by atoms with Gasteiger partial charge in [-0.25, -0.2) is 0 Å². The molecule has 2 aromatic carbocycles. The number of carbonyl (C=O) groups excluding carboxylic acids is 2. The molecule has 2 amide bonds. The quantitative estimate of drug-likeness (QED) is 0.779. The molecule has 0 bridgehead atoms. The molecule has 2 aromatic rings. The highest BCUT2D eigenvalue weighted by atomic mass is 35.5. The zero-order valence-electron chi connectivity index (χ0n) is 15.6. The molecule has 1 fully saturated rings. The van der Waals surface area contributed by atoms with Gasteiger partial charge in [0.25, 0.3) is 11.8 Å². The van der Waals surface area contributed by atoms with E-state index in [0.717, 1.165) is 24.0 Å². The summed E-state index contributed by atoms with van der Waals surface area (Å²) in [5, 5.41) is 6.42. The minimum absolute atomic E-state index is 0.117. The second kappa shape index (κ2) is 8.01. The van der Waals surface area contributed by atoms with Crippen molar-refractivity contribution in [1.29, 1.82) is 0 Å². The lowest BCUT2D eigenvalue weighted by Gasteiger charge is -2.17. The van der Waals surface area contributed by atoms with E-state index in [1.165, 1.54) is 0 Å². The van der Waals surface area contributed by atoms with Crippen LogP contribution in [0.2, 0.25) is 5.02 Å². The molecule has 2 N–H and O–H groups in total. The minimum atomic E-state index is -0.701. The van der Waals surface area contributed by atoms with E-state index in [9.17, 15) is 9.59 Å². The number of carbonyl (C=O) groups is 2. The van der Waals surface area contributed by atoms with Crippen LogP contribution in [0.25, 0.3) is 0 Å². The second-order valence-corrected chi connectivity index (χ2v) is 7.37. The van der Waals surface area contributed by atoms with E-state index in [1.54, 1.807) is 37.3 Å². The Kier molecular flexibility index (Phi) is 5.71. The molecule has 1 aliphatic rings. The predicted molar refractivity (Wildman–Crippen MR) is 107 cm³/mol. The molecule has 1 aliphatic carbocycles. The molecule has 5 nitrogen and oxygen atoms in total. The van der Waals surface area contributed by atoms with E-state index in [-0.39, 0.29) is 17.9 Å². The first kappa shape index (κ1) is 19.2. The van der Waals surface area contributed by atoms with Crippen LogP contribution in [0.5, 0.6) is 5.75 Å². The summed E-state index contributed by atoms with van der Waals surface area (Å²) in [6, 6.07) is 10.8. The van der Waals surface area contributed by atoms with Gasteiger partial charge in [-0.2, -0.15) is 0 Å². The van der Waals surface area contributed by atoms with Crippen molar-refractivity contribution in [3.8, 4) is 5.75 Å². The largest absolute Gasteiger partial charge is 0.481 e. The molecule has 142 valence electrons. The lowest BCUT2D eigenvalue weighted by Crippen LogP contribution is -2.31. The van der Waals surface area contributed by atoms with Gasteiger partial charge in [-0.3, -0.25) is 9.59 Å². The number of benzene rings is 2. The van der Waals surface area contributed by atoms with Gasteiger partial charge >= 0.3 is 0 Å². The maximum absolute atomic E-state index is 12.6. The van der Waals surface area contributed by atoms with Gasteiger partial charge in [0.05, 0.1) is 0 Å². The number of hydrogen-bond acceptors (Lipinski definition) is 3. The van der Waals surface area contributed by atoms with E-state index in [1.807, 2.05) is 19.9 Å². The number of halogens is 1. The molecule has 0 aromatic heterocycles. The van der Waals surface area contributed by atoms with E-state index in [4.69, 9.17) is 16.3 Å². The van der Waals surface area contributed by atoms with Crippen LogP contribution in [0.15, 0.2) is 36.4 Å². The fourth-order valence-corrected chi connectivity index (χ4v) is 2.84. The van der Waals surface area contributed by atoms with Crippen molar-refractivity contribution in [3.05, 3.63) is 58.1 Å². The third kappa shape index (κ3) is 5.01. The summed E-state index contributed by atoms with van der Waals surface area (Å²) in [5.74, 6) is 0.206. The lowest BCUT2D eigenvalue weighted by molar-refractivity contribution is -0.122. The molecule has 1 unspecified atom stereocenters. The normalized spacial score (nSPS) is 14.4. The molecule has 0 saturated heterocycles. The Morgan fingerprint density at radius 2 is 1.85 bits per heavy atom. The third-order valence-electron chi connectivity index (χ3n) is 4.48. The van der Waals surface area contributed by atoms with E-state index < -0.39 is 6.10 Å². The van der Waals surface area contributed by atoms with Crippen LogP contribution in [0.4, 0.5) is 5.69 Å². The monoisotopic (exact) mass is 386 g/mol. The SMILES string of the molecule is Cc1ccc(C(=O)NC2CC2)cc1NC(=O)C(C)Oc1ccc(Cl)cc1C. The second-order valence-electron chi connectivity index (χ2n) is 6.94. The van der Waals surface area contributed by atoms with Crippen LogP contribution < -0.4 is 15.4 Å². The zero-order valence-corrected chi connectivity index (χ0v) is 16.4. The first-order valence-electron chi connectivity index (χ1n) is 8.98. The van der Waals surface area contributed by atoms with Crippen molar-refractivity contribution in [2.24, 2.45) is 0 Å². The smallest absolute Gasteiger partial charge is 0.265 e. The highest BCUT2D eigenvalue weighted by Crippen LogP contribution is 2.24. The molecule has 1 atom stereocenters. The molecule has 27 heavy (non-hydrogen) atoms. The lowest BCUT2D eigenvalue weighted by atomic mass is 10.1. The highest BCUT2D eigenvalue weighted by Gasteiger charge is 2.24. The maximum atomic E-state index is 12.6. The van der Waals surface area contributed by atoms with Crippen molar-refractivity contribution in [3.63, 3.8) is 0 Å². The molecule has 0 heterocycles. The van der Waals surface area contributed by atoms with Gasteiger partial charge in [0.15, 0.2) is 6.10 Å². The molecule has 0 aliphatic heterocycles. The van der Waals surface area contributed by atoms with Crippen LogP contribution in [-0.2, 0) is 4.79 Å². The number of ether oxygens (including phenoxy) is 1. The van der Waals surface area contributed by atoms with E-state index in [0.29, 0.717) is 22.0 Å². The number of hydrogen-bond donors (Lipinski definition) is 2. The fourth-order valence-electron chi connectivity index (χ4n) is 2.62. The summed E-state index contributed by atoms with van der Waals surface area (Å²) >= 11 is 5.95. The summed E-state index contributed by atoms with van der Waals surface area (Å²) in [4.78, 5) is 24.8. The van der Waals surface area contributed by atoms with Crippen molar-refractivity contribution >= 4 is 29.1 Å². The third-order valence-corrected chi connectivity index (χ3v) is 4.72. The predicted octanol–water partition coefficient (Wildman–Crippen LogP) is 4.26. The Balaban J connectivity index is 1.67. The Bertz CT molecular complexity index is 878. The number of aryl methyl sites for hydroxylation is 2. The average molecular weight is 387 g/mol. The average Bonchev–Trinajstić information content (AvgIpc) is 3.43. The molecular weight excluding hydrogens is 364 g/mol. The van der Waals surface area contributed by atoms with Gasteiger partial charge in [0.2, 0.25) is 0 Å². The fraction of sp³-hybridized carbons (Fsp3) is 0.333. The highest BCUT2D eigenvalue weighted by molar-refractivity contribution is 6.30. The molecule has 3 rings (SSSR count). The Hall–Kier alpha value is -2.53. The minimum Gasteiger partial charge on any atom is -0.481 e. The first-order chi connectivity index (χ1) is 12.8. The Morgan fingerprint density at radius 1 is 1.11 bits per heavy atom. The summed E-state index contributed by atoms with van der Waals surface area (Å²) in [7, 11) is 0. The van der Waals surface area contributed by atoms with Gasteiger partial charge in [-0.05, 0) is 75.1 Å². The molecular formula is C21H23ClN2O3. The van der Waals surface area contributed by atoms with Crippen molar-refractivity contribution in [2.45, 2.75) is 45.8 Å². The summed E-state index contributed by atoms with van der Waals surface area (Å²) in [5.41, 5.74) is 2.87. The number of rotatable bonds is 6. The van der Waals surface area contributed by atoms with Crippen molar-refractivity contribution in [2.75, 3.05) is 5.32 Å². The van der Waals surface area contributed by atoms with Crippen molar-refractivity contribution in [1.82, 2.24) is 5.32 Å². The zero-order chi connectivity index (χ0) is 19.6. The van der Waals surface area contributed by atoms with Crippen LogP contribution >= 0.6 is 11.6 Å². The number of nitrogens with one attached hydrogen (secondary N) is 2. The van der Waals surface area contributed by atoms with E-state index >= 15 is 0 Å². The van der Waals surface area contributed by atoms with Crippen molar-refractivity contribution < 1.29 is 14.3 Å². The standard InChI is InChI=1S/C21H23ClN2O3/c1-12-4-5-15(21(26)23-17-7-8-17)11-18(12)24-20(25)14(3)27-19-9-6-16(22)10-13(19)2/h4-6,9-11,14,17H,7-8H2,1-3H3,(H,23,26)(H,24,25). The van der Waals surface area contributed by atoms with Gasteiger partial charge in [-0.15, -0.1) is 0 Å². The van der Waals surface area contributed by atoms with Crippen LogP contribution in [-0.4, -0.2) is 24.0 Å². The summed E-state index contributed by atoms with van der Waals surface area (Å²) in [6.07, 6.45) is 1.36. The van der Waals surface area contributed by atoms with E-state index in [2.05, 4.69) is 10.6 Å². The Morgan fingerprint density at radius 3 is 2.52 bits per heavy atom.